The van der Waals surface area contributed by atoms with Crippen LogP contribution in [0, 0.1) is 5.92 Å². The highest BCUT2D eigenvalue weighted by Crippen LogP contribution is 2.35. The molecule has 1 aliphatic carbocycles. The molecule has 0 bridgehead atoms. The molecule has 4 amide bonds. The molecule has 0 radical (unpaired) electrons. The van der Waals surface area contributed by atoms with E-state index in [0.29, 0.717) is 23.8 Å². The van der Waals surface area contributed by atoms with Gasteiger partial charge in [-0.3, -0.25) is 15.0 Å². The number of amides is 4. The Morgan fingerprint density at radius 2 is 2.08 bits per heavy atom. The van der Waals surface area contributed by atoms with Gasteiger partial charge < -0.3 is 15.0 Å². The van der Waals surface area contributed by atoms with Crippen molar-refractivity contribution in [2.45, 2.75) is 38.1 Å². The maximum Gasteiger partial charge on any atom is 0.355 e. The first-order chi connectivity index (χ1) is 11.9. The molecule has 1 aliphatic heterocycles. The van der Waals surface area contributed by atoms with Crippen molar-refractivity contribution < 1.29 is 23.9 Å². The van der Waals surface area contributed by atoms with Crippen molar-refractivity contribution >= 4 is 23.8 Å². The van der Waals surface area contributed by atoms with Crippen LogP contribution in [0.25, 0.3) is 0 Å². The quantitative estimate of drug-likeness (QED) is 0.546. The number of hydrogen-bond acceptors (Lipinski definition) is 5. The summed E-state index contributed by atoms with van der Waals surface area (Å²) in [7, 11) is 0. The minimum atomic E-state index is -0.933. The zero-order chi connectivity index (χ0) is 18.0. The number of H-pyrrole nitrogens is 1. The summed E-state index contributed by atoms with van der Waals surface area (Å²) in [6.07, 6.45) is 4.32. The molecule has 1 spiro atoms. The molecule has 2 aliphatic rings. The van der Waals surface area contributed by atoms with Gasteiger partial charge in [0.15, 0.2) is 6.61 Å². The maximum absolute atomic E-state index is 12.6. The van der Waals surface area contributed by atoms with Gasteiger partial charge in [-0.25, -0.2) is 9.59 Å². The maximum atomic E-state index is 12.6. The van der Waals surface area contributed by atoms with Gasteiger partial charge in [0.25, 0.3) is 11.8 Å². The van der Waals surface area contributed by atoms with Gasteiger partial charge in [-0.05, 0) is 43.7 Å². The minimum absolute atomic E-state index is 0.207. The van der Waals surface area contributed by atoms with Crippen LogP contribution in [-0.2, 0) is 14.3 Å². The van der Waals surface area contributed by atoms with Crippen LogP contribution in [0.5, 0.6) is 0 Å². The van der Waals surface area contributed by atoms with Crippen molar-refractivity contribution in [1.82, 2.24) is 20.7 Å². The zero-order valence-electron chi connectivity index (χ0n) is 13.8. The molecule has 3 rings (SSSR count). The van der Waals surface area contributed by atoms with Gasteiger partial charge in [0.1, 0.15) is 11.2 Å². The largest absolute Gasteiger partial charge is 0.451 e. The second-order valence-electron chi connectivity index (χ2n) is 6.53. The molecule has 0 unspecified atom stereocenters. The number of imide groups is 1. The third kappa shape index (κ3) is 3.35. The molecular weight excluding hydrogens is 328 g/mol. The zero-order valence-corrected chi connectivity index (χ0v) is 13.8. The lowest BCUT2D eigenvalue weighted by Crippen LogP contribution is -2.52. The number of esters is 1. The fraction of sp³-hybridized carbons (Fsp3) is 0.500. The Kier molecular flexibility index (Phi) is 4.47. The van der Waals surface area contributed by atoms with E-state index in [0.717, 1.165) is 12.8 Å². The Labute approximate surface area is 144 Å². The number of nitrogens with zero attached hydrogens (tertiary/aromatic N) is 1. The molecule has 0 atom stereocenters. The molecule has 3 N–H and O–H groups in total. The number of urea groups is 1. The van der Waals surface area contributed by atoms with Gasteiger partial charge in [-0.15, -0.1) is 0 Å². The van der Waals surface area contributed by atoms with E-state index >= 15 is 0 Å². The summed E-state index contributed by atoms with van der Waals surface area (Å²) in [4.78, 5) is 50.9. The average molecular weight is 348 g/mol. The van der Waals surface area contributed by atoms with E-state index in [2.05, 4.69) is 22.7 Å². The first-order valence-corrected chi connectivity index (χ1v) is 8.18. The number of ether oxygens (including phenoxy) is 1. The van der Waals surface area contributed by atoms with Crippen molar-refractivity contribution in [3.63, 3.8) is 0 Å². The number of hydrazine groups is 1. The van der Waals surface area contributed by atoms with E-state index in [1.165, 1.54) is 6.07 Å². The van der Waals surface area contributed by atoms with Gasteiger partial charge in [0, 0.05) is 6.20 Å². The van der Waals surface area contributed by atoms with E-state index in [1.807, 2.05) is 0 Å². The van der Waals surface area contributed by atoms with Gasteiger partial charge in [-0.1, -0.05) is 6.92 Å². The molecule has 1 aromatic heterocycles. The number of nitrogens with one attached hydrogen (secondary N) is 3. The number of carbonyl (C=O) groups excluding carboxylic acids is 4. The van der Waals surface area contributed by atoms with Crippen LogP contribution < -0.4 is 10.7 Å². The summed E-state index contributed by atoms with van der Waals surface area (Å²) >= 11 is 0. The second-order valence-corrected chi connectivity index (χ2v) is 6.53. The van der Waals surface area contributed by atoms with Crippen molar-refractivity contribution in [2.75, 3.05) is 6.61 Å². The lowest BCUT2D eigenvalue weighted by atomic mass is 9.77. The minimum Gasteiger partial charge on any atom is -0.451 e. The Balaban J connectivity index is 1.55. The molecule has 1 saturated heterocycles. The molecule has 0 aromatic carbocycles. The lowest BCUT2D eigenvalue weighted by Gasteiger charge is -2.33. The Hall–Kier alpha value is -2.84. The number of hydrogen-bond donors (Lipinski definition) is 3. The summed E-state index contributed by atoms with van der Waals surface area (Å²) in [5.41, 5.74) is 1.48. The van der Waals surface area contributed by atoms with Gasteiger partial charge in [0.05, 0.1) is 0 Å². The Bertz CT molecular complexity index is 691. The molecule has 134 valence electrons. The van der Waals surface area contributed by atoms with Gasteiger partial charge >= 0.3 is 12.0 Å². The molecule has 9 nitrogen and oxygen atoms in total. The van der Waals surface area contributed by atoms with Crippen LogP contribution in [0.15, 0.2) is 18.3 Å². The SMILES string of the molecule is CC1CCC2(CC1)NC(=O)N(NC(=O)COC(=O)c1ccc[nH]1)C2=O. The monoisotopic (exact) mass is 348 g/mol. The highest BCUT2D eigenvalue weighted by molar-refractivity contribution is 6.08. The van der Waals surface area contributed by atoms with Crippen LogP contribution in [0.4, 0.5) is 4.79 Å². The smallest absolute Gasteiger partial charge is 0.355 e. The van der Waals surface area contributed by atoms with Gasteiger partial charge in [-0.2, -0.15) is 5.01 Å². The van der Waals surface area contributed by atoms with Crippen LogP contribution >= 0.6 is 0 Å². The van der Waals surface area contributed by atoms with E-state index in [-0.39, 0.29) is 5.69 Å². The summed E-state index contributed by atoms with van der Waals surface area (Å²) < 4.78 is 4.83. The first-order valence-electron chi connectivity index (χ1n) is 8.18. The standard InChI is InChI=1S/C16H20N4O5/c1-10-4-6-16(7-5-10)14(23)20(15(24)18-16)19-12(21)9-25-13(22)11-3-2-8-17-11/h2-3,8,10,17H,4-7,9H2,1H3,(H,18,24)(H,19,21). The molecule has 2 fully saturated rings. The fourth-order valence-corrected chi connectivity index (χ4v) is 3.14. The normalized spacial score (nSPS) is 25.8. The summed E-state index contributed by atoms with van der Waals surface area (Å²) in [6, 6.07) is 2.46. The Morgan fingerprint density at radius 3 is 2.72 bits per heavy atom. The molecule has 25 heavy (non-hydrogen) atoms. The number of aromatic amines is 1. The number of carbonyl (C=O) groups is 4. The Morgan fingerprint density at radius 1 is 1.36 bits per heavy atom. The molecule has 1 saturated carbocycles. The first kappa shape index (κ1) is 17.0. The summed E-state index contributed by atoms with van der Waals surface area (Å²) in [6.45, 7) is 1.51. The lowest BCUT2D eigenvalue weighted by molar-refractivity contribution is -0.141. The van der Waals surface area contributed by atoms with Crippen LogP contribution in [-0.4, -0.2) is 46.0 Å². The topological polar surface area (TPSA) is 121 Å². The van der Waals surface area contributed by atoms with Crippen LogP contribution in [0.1, 0.15) is 43.1 Å². The molecule has 9 heteroatoms. The van der Waals surface area contributed by atoms with E-state index < -0.39 is 36.0 Å². The van der Waals surface area contributed by atoms with Crippen molar-refractivity contribution in [2.24, 2.45) is 5.92 Å². The van der Waals surface area contributed by atoms with E-state index in [9.17, 15) is 19.2 Å². The third-order valence-corrected chi connectivity index (χ3v) is 4.68. The second kappa shape index (κ2) is 6.58. The average Bonchev–Trinajstić information content (AvgIpc) is 3.20. The predicted octanol–water partition coefficient (Wildman–Crippen LogP) is 0.703. The van der Waals surface area contributed by atoms with Crippen molar-refractivity contribution in [1.29, 1.82) is 0 Å². The van der Waals surface area contributed by atoms with E-state index in [1.54, 1.807) is 12.3 Å². The molecule has 1 aromatic rings. The van der Waals surface area contributed by atoms with Crippen molar-refractivity contribution in [3.05, 3.63) is 24.0 Å². The summed E-state index contributed by atoms with van der Waals surface area (Å²) in [5, 5.41) is 3.37. The third-order valence-electron chi connectivity index (χ3n) is 4.68. The van der Waals surface area contributed by atoms with Crippen molar-refractivity contribution in [3.8, 4) is 0 Å². The predicted molar refractivity (Wildman–Crippen MR) is 85.0 cm³/mol. The summed E-state index contributed by atoms with van der Waals surface area (Å²) in [5.74, 6) is -1.42. The van der Waals surface area contributed by atoms with Gasteiger partial charge in [0.2, 0.25) is 0 Å². The van der Waals surface area contributed by atoms with Crippen LogP contribution in [0.2, 0.25) is 0 Å². The molecule has 2 heterocycles. The highest BCUT2D eigenvalue weighted by atomic mass is 16.5. The highest BCUT2D eigenvalue weighted by Gasteiger charge is 2.52. The number of rotatable bonds is 4. The fourth-order valence-electron chi connectivity index (χ4n) is 3.14. The number of aromatic nitrogens is 1. The molecular formula is C16H20N4O5. The van der Waals surface area contributed by atoms with E-state index in [4.69, 9.17) is 4.74 Å². The van der Waals surface area contributed by atoms with Crippen LogP contribution in [0.3, 0.4) is 0 Å².